The van der Waals surface area contributed by atoms with Gasteiger partial charge < -0.3 is 0 Å². The van der Waals surface area contributed by atoms with E-state index in [1.165, 1.54) is 16.3 Å². The molecule has 14 heavy (non-hydrogen) atoms. The zero-order chi connectivity index (χ0) is 10.1. The fraction of sp³-hybridized carbons (Fsp3) is 0.154. The molecular weight excluding hydrogens is 172 g/mol. The predicted octanol–water partition coefficient (Wildman–Crippen LogP) is 3.27. The Hall–Kier alpha value is -1.63. The van der Waals surface area contributed by atoms with Gasteiger partial charge in [0.1, 0.15) is 6.29 Å². The third kappa shape index (κ3) is 1.22. The van der Waals surface area contributed by atoms with E-state index in [2.05, 4.69) is 19.1 Å². The highest BCUT2D eigenvalue weighted by molar-refractivity contribution is 5.94. The Labute approximate surface area is 83.4 Å². The lowest BCUT2D eigenvalue weighted by Gasteiger charge is -2.06. The van der Waals surface area contributed by atoms with Gasteiger partial charge in [-0.05, 0) is 35.7 Å². The van der Waals surface area contributed by atoms with Crippen molar-refractivity contribution in [3.05, 3.63) is 47.0 Å². The molecule has 1 nitrogen and oxygen atoms in total. The first kappa shape index (κ1) is 8.95. The molecule has 0 atom stereocenters. The summed E-state index contributed by atoms with van der Waals surface area (Å²) < 4.78 is 0. The second-order valence-electron chi connectivity index (χ2n) is 3.57. The number of hydrogen-bond donors (Lipinski definition) is 0. The molecule has 0 radical (unpaired) electrons. The summed E-state index contributed by atoms with van der Waals surface area (Å²) in [4.78, 5) is 10.8. The van der Waals surface area contributed by atoms with Crippen LogP contribution in [0.15, 0.2) is 30.3 Å². The molecule has 0 aliphatic heterocycles. The van der Waals surface area contributed by atoms with Crippen LogP contribution in [0.5, 0.6) is 0 Å². The molecule has 0 aromatic heterocycles. The predicted molar refractivity (Wildman–Crippen MR) is 58.8 cm³/mol. The van der Waals surface area contributed by atoms with E-state index in [9.17, 15) is 4.79 Å². The van der Waals surface area contributed by atoms with Crippen molar-refractivity contribution < 1.29 is 4.79 Å². The smallest absolute Gasteiger partial charge is 0.150 e. The Kier molecular flexibility index (Phi) is 2.08. The van der Waals surface area contributed by atoms with Crippen LogP contribution < -0.4 is 0 Å². The number of aryl methyl sites for hydroxylation is 2. The zero-order valence-corrected chi connectivity index (χ0v) is 8.37. The van der Waals surface area contributed by atoms with E-state index in [-0.39, 0.29) is 0 Å². The van der Waals surface area contributed by atoms with Crippen molar-refractivity contribution in [2.75, 3.05) is 0 Å². The Morgan fingerprint density at radius 2 is 1.79 bits per heavy atom. The summed E-state index contributed by atoms with van der Waals surface area (Å²) in [6.45, 7) is 4.08. The molecule has 2 aromatic rings. The van der Waals surface area contributed by atoms with Crippen LogP contribution >= 0.6 is 0 Å². The van der Waals surface area contributed by atoms with Gasteiger partial charge in [-0.25, -0.2) is 0 Å². The maximum Gasteiger partial charge on any atom is 0.150 e. The molecule has 2 rings (SSSR count). The van der Waals surface area contributed by atoms with Crippen molar-refractivity contribution in [1.29, 1.82) is 0 Å². The molecule has 70 valence electrons. The van der Waals surface area contributed by atoms with Crippen LogP contribution in [0.2, 0.25) is 0 Å². The molecule has 0 saturated carbocycles. The van der Waals surface area contributed by atoms with Gasteiger partial charge in [0.25, 0.3) is 0 Å². The van der Waals surface area contributed by atoms with Crippen LogP contribution in [0, 0.1) is 13.8 Å². The van der Waals surface area contributed by atoms with Gasteiger partial charge in [0, 0.05) is 5.56 Å². The molecule has 0 aliphatic rings. The first-order valence-electron chi connectivity index (χ1n) is 4.68. The summed E-state index contributed by atoms with van der Waals surface area (Å²) in [5.41, 5.74) is 3.10. The number of fused-ring (bicyclic) bond motifs is 1. The number of carbonyl (C=O) groups is 1. The largest absolute Gasteiger partial charge is 0.298 e. The van der Waals surface area contributed by atoms with Crippen molar-refractivity contribution in [2.45, 2.75) is 13.8 Å². The van der Waals surface area contributed by atoms with Crippen molar-refractivity contribution in [3.8, 4) is 0 Å². The van der Waals surface area contributed by atoms with Crippen LogP contribution in [0.4, 0.5) is 0 Å². The molecule has 0 aliphatic carbocycles. The summed E-state index contributed by atoms with van der Waals surface area (Å²) in [5.74, 6) is 0. The first-order valence-corrected chi connectivity index (χ1v) is 4.68. The Bertz CT molecular complexity index is 498. The van der Waals surface area contributed by atoms with Gasteiger partial charge in [-0.3, -0.25) is 4.79 Å². The van der Waals surface area contributed by atoms with Crippen molar-refractivity contribution >= 4 is 17.1 Å². The van der Waals surface area contributed by atoms with Gasteiger partial charge in [-0.2, -0.15) is 0 Å². The van der Waals surface area contributed by atoms with Crippen LogP contribution in [-0.2, 0) is 0 Å². The van der Waals surface area contributed by atoms with E-state index >= 15 is 0 Å². The molecule has 0 heterocycles. The lowest BCUT2D eigenvalue weighted by Crippen LogP contribution is -1.89. The summed E-state index contributed by atoms with van der Waals surface area (Å²) in [6, 6.07) is 10.1. The average molecular weight is 184 g/mol. The minimum absolute atomic E-state index is 0.781. The van der Waals surface area contributed by atoms with Gasteiger partial charge in [-0.15, -0.1) is 0 Å². The molecule has 0 saturated heterocycles. The highest BCUT2D eigenvalue weighted by Crippen LogP contribution is 2.23. The van der Waals surface area contributed by atoms with E-state index < -0.39 is 0 Å². The van der Waals surface area contributed by atoms with E-state index in [4.69, 9.17) is 0 Å². The molecule has 0 amide bonds. The number of aldehydes is 1. The SMILES string of the molecule is Cc1cccc2c(C)c(C=O)ccc12. The Morgan fingerprint density at radius 3 is 2.50 bits per heavy atom. The third-order valence-corrected chi connectivity index (χ3v) is 2.72. The highest BCUT2D eigenvalue weighted by atomic mass is 16.1. The van der Waals surface area contributed by atoms with Crippen LogP contribution in [-0.4, -0.2) is 6.29 Å². The first-order chi connectivity index (χ1) is 6.74. The molecule has 0 unspecified atom stereocenters. The summed E-state index contributed by atoms with van der Waals surface area (Å²) >= 11 is 0. The van der Waals surface area contributed by atoms with E-state index in [0.717, 1.165) is 17.4 Å². The Morgan fingerprint density at radius 1 is 1.00 bits per heavy atom. The van der Waals surface area contributed by atoms with E-state index in [1.54, 1.807) is 0 Å². The van der Waals surface area contributed by atoms with Crippen LogP contribution in [0.3, 0.4) is 0 Å². The number of benzene rings is 2. The normalized spacial score (nSPS) is 10.4. The third-order valence-electron chi connectivity index (χ3n) is 2.72. The fourth-order valence-corrected chi connectivity index (χ4v) is 1.81. The highest BCUT2D eigenvalue weighted by Gasteiger charge is 2.03. The second kappa shape index (κ2) is 3.26. The molecular formula is C13H12O. The molecule has 0 N–H and O–H groups in total. The quantitative estimate of drug-likeness (QED) is 0.622. The molecule has 0 bridgehead atoms. The molecule has 2 aromatic carbocycles. The Balaban J connectivity index is 2.90. The van der Waals surface area contributed by atoms with Gasteiger partial charge in [0.05, 0.1) is 0 Å². The zero-order valence-electron chi connectivity index (χ0n) is 8.37. The van der Waals surface area contributed by atoms with Gasteiger partial charge in [0.2, 0.25) is 0 Å². The lowest BCUT2D eigenvalue weighted by atomic mass is 9.98. The van der Waals surface area contributed by atoms with Crippen molar-refractivity contribution in [1.82, 2.24) is 0 Å². The fourth-order valence-electron chi connectivity index (χ4n) is 1.81. The number of rotatable bonds is 1. The standard InChI is InChI=1S/C13H12O/c1-9-4-3-5-13-10(2)11(8-14)6-7-12(9)13/h3-8H,1-2H3. The lowest BCUT2D eigenvalue weighted by molar-refractivity contribution is 0.112. The number of hydrogen-bond acceptors (Lipinski definition) is 1. The van der Waals surface area contributed by atoms with Gasteiger partial charge in [0.15, 0.2) is 0 Å². The maximum atomic E-state index is 10.8. The summed E-state index contributed by atoms with van der Waals surface area (Å²) in [7, 11) is 0. The topological polar surface area (TPSA) is 17.1 Å². The maximum absolute atomic E-state index is 10.8. The molecule has 0 fully saturated rings. The van der Waals surface area contributed by atoms with Crippen LogP contribution in [0.1, 0.15) is 21.5 Å². The summed E-state index contributed by atoms with van der Waals surface area (Å²) in [5, 5.41) is 2.41. The van der Waals surface area contributed by atoms with E-state index in [0.29, 0.717) is 0 Å². The minimum Gasteiger partial charge on any atom is -0.298 e. The summed E-state index contributed by atoms with van der Waals surface area (Å²) in [6.07, 6.45) is 0.914. The average Bonchev–Trinajstić information content (AvgIpc) is 2.20. The van der Waals surface area contributed by atoms with Gasteiger partial charge >= 0.3 is 0 Å². The van der Waals surface area contributed by atoms with Crippen LogP contribution in [0.25, 0.3) is 10.8 Å². The monoisotopic (exact) mass is 184 g/mol. The van der Waals surface area contributed by atoms with E-state index in [1.807, 2.05) is 25.1 Å². The minimum atomic E-state index is 0.781. The number of carbonyl (C=O) groups excluding carboxylic acids is 1. The van der Waals surface area contributed by atoms with Gasteiger partial charge in [-0.1, -0.05) is 30.3 Å². The molecule has 0 spiro atoms. The molecule has 1 heteroatoms. The van der Waals surface area contributed by atoms with Crippen molar-refractivity contribution in [3.63, 3.8) is 0 Å². The second-order valence-corrected chi connectivity index (χ2v) is 3.57. The van der Waals surface area contributed by atoms with Crippen molar-refractivity contribution in [2.24, 2.45) is 0 Å².